The van der Waals surface area contributed by atoms with Crippen molar-refractivity contribution in [3.05, 3.63) is 90.0 Å². The maximum atomic E-state index is 3.30. The van der Waals surface area contributed by atoms with Gasteiger partial charge in [-0.15, -0.1) is 5.56 Å². The second-order valence-corrected chi connectivity index (χ2v) is 16.4. The topological polar surface area (TPSA) is 0 Å². The Labute approximate surface area is 199 Å². The molecule has 0 N–H and O–H groups in total. The van der Waals surface area contributed by atoms with E-state index < -0.39 is 0 Å². The Morgan fingerprint density at radius 1 is 0.778 bits per heavy atom. The molecule has 0 fully saturated rings. The number of halogens is 2. The minimum atomic E-state index is 0. The Bertz CT molecular complexity index is 721. The molecule has 140 valence electrons. The van der Waals surface area contributed by atoms with Crippen LogP contribution < -0.4 is 24.8 Å². The van der Waals surface area contributed by atoms with Gasteiger partial charge in [-0.25, -0.2) is 12.1 Å². The summed E-state index contributed by atoms with van der Waals surface area (Å²) >= 11 is 0. The average molecular weight is 509 g/mol. The van der Waals surface area contributed by atoms with Crippen LogP contribution in [0.5, 0.6) is 0 Å². The molecule has 5 heteroatoms. The van der Waals surface area contributed by atoms with Crippen molar-refractivity contribution in [2.24, 2.45) is 0 Å². The molecule has 1 aliphatic carbocycles. The van der Waals surface area contributed by atoms with E-state index in [1.165, 1.54) is 22.3 Å². The Morgan fingerprint density at radius 2 is 1.33 bits per heavy atom. The summed E-state index contributed by atoms with van der Waals surface area (Å²) in [4.78, 5) is 0. The Morgan fingerprint density at radius 3 is 1.85 bits per heavy atom. The number of hydrogen-bond donors (Lipinski definition) is 0. The van der Waals surface area contributed by atoms with Gasteiger partial charge in [0.1, 0.15) is 0 Å². The summed E-state index contributed by atoms with van der Waals surface area (Å²) in [6.45, 7) is 9.55. The molecule has 0 saturated heterocycles. The molecule has 3 aromatic rings. The second-order valence-electron chi connectivity index (χ2n) is 6.36. The molecule has 0 unspecified atom stereocenters. The quantitative estimate of drug-likeness (QED) is 0.233. The zero-order valence-corrected chi connectivity index (χ0v) is 22.4. The van der Waals surface area contributed by atoms with Crippen LogP contribution in [-0.2, 0) is 32.6 Å². The summed E-state index contributed by atoms with van der Waals surface area (Å²) in [6, 6.07) is 28.1. The summed E-state index contributed by atoms with van der Waals surface area (Å²) in [5.74, 6) is 0. The smallest absolute Gasteiger partial charge is 1.00 e. The van der Waals surface area contributed by atoms with Crippen molar-refractivity contribution in [2.45, 2.75) is 32.6 Å². The Balaban J connectivity index is 0. The van der Waals surface area contributed by atoms with Crippen molar-refractivity contribution in [3.8, 4) is 11.1 Å². The predicted molar refractivity (Wildman–Crippen MR) is 111 cm³/mol. The van der Waals surface area contributed by atoms with E-state index in [9.17, 15) is 0 Å². The zero-order chi connectivity index (χ0) is 17.4. The maximum Gasteiger partial charge on any atom is 4.00 e. The van der Waals surface area contributed by atoms with Crippen molar-refractivity contribution < 1.29 is 51.0 Å². The number of rotatable bonds is 0. The molecule has 0 nitrogen and oxygen atoms in total. The normalized spacial score (nSPS) is 9.19. The van der Waals surface area contributed by atoms with Gasteiger partial charge in [-0.05, 0) is 22.2 Å². The Hall–Kier alpha value is -0.313. The van der Waals surface area contributed by atoms with Crippen molar-refractivity contribution in [1.29, 1.82) is 0 Å². The number of hydrogen-bond acceptors (Lipinski definition) is 0. The first kappa shape index (κ1) is 28.9. The van der Waals surface area contributed by atoms with Crippen LogP contribution >= 0.6 is 0 Å². The van der Waals surface area contributed by atoms with Gasteiger partial charge in [0.25, 0.3) is 0 Å². The fraction of sp³-hybridized carbons (Fsp3) is 0.227. The van der Waals surface area contributed by atoms with Crippen LogP contribution in [0.15, 0.2) is 72.8 Å². The van der Waals surface area contributed by atoms with Crippen molar-refractivity contribution in [2.75, 3.05) is 0 Å². The van der Waals surface area contributed by atoms with Gasteiger partial charge in [-0.3, -0.25) is 0 Å². The molecule has 4 rings (SSSR count). The molecule has 1 aliphatic rings. The SMILES string of the molecule is C[Si](C)=[Si](C)C.[Cl-].[Cl-].[Zr+4].[c-]1cccc2c1Cc1ccccc1-2.c1cc[cH-]c1. The van der Waals surface area contributed by atoms with Crippen LogP contribution in [0.1, 0.15) is 11.1 Å². The van der Waals surface area contributed by atoms with Gasteiger partial charge in [0.2, 0.25) is 0 Å². The molecule has 27 heavy (non-hydrogen) atoms. The van der Waals surface area contributed by atoms with Crippen molar-refractivity contribution >= 4 is 15.8 Å². The second kappa shape index (κ2) is 15.6. The molecule has 0 atom stereocenters. The van der Waals surface area contributed by atoms with E-state index in [0.717, 1.165) is 6.42 Å². The van der Waals surface area contributed by atoms with Crippen LogP contribution in [-0.4, -0.2) is 15.8 Å². The van der Waals surface area contributed by atoms with Crippen LogP contribution in [0.3, 0.4) is 0 Å². The largest absolute Gasteiger partial charge is 4.00 e. The number of benzene rings is 2. The van der Waals surface area contributed by atoms with Crippen LogP contribution in [0.4, 0.5) is 0 Å². The van der Waals surface area contributed by atoms with Gasteiger partial charge >= 0.3 is 26.2 Å². The monoisotopic (exact) mass is 506 g/mol. The molecular formula is C22H26Cl2Si2Zr. The molecule has 0 amide bonds. The summed E-state index contributed by atoms with van der Waals surface area (Å²) in [5.41, 5.74) is 5.51. The Kier molecular flexibility index (Phi) is 16.7. The molecule has 0 bridgehead atoms. The summed E-state index contributed by atoms with van der Waals surface area (Å²) in [6.07, 6.45) is 1.05. The van der Waals surface area contributed by atoms with E-state index in [1.54, 1.807) is 0 Å². The third kappa shape index (κ3) is 9.63. The van der Waals surface area contributed by atoms with Crippen LogP contribution in [0.25, 0.3) is 11.1 Å². The molecule has 0 heterocycles. The van der Waals surface area contributed by atoms with E-state index in [4.69, 9.17) is 0 Å². The van der Waals surface area contributed by atoms with E-state index in [-0.39, 0.29) is 66.8 Å². The number of fused-ring (bicyclic) bond motifs is 3. The van der Waals surface area contributed by atoms with Gasteiger partial charge < -0.3 is 24.8 Å². The standard InChI is InChI=1S/C13H9.C5H5.C4H12Si2.2ClH.Zr/c1-3-7-12-10(5-1)9-11-6-2-4-8-13(11)12;1-2-4-5-3-1;1-5(2)6(3)4;;;/h1-5,7-8H,9H2;1-5H;1-4H3;2*1H;/q2*-1;;;;+4/p-2. The van der Waals surface area contributed by atoms with Crippen LogP contribution in [0, 0.1) is 6.07 Å². The van der Waals surface area contributed by atoms with Gasteiger partial charge in [-0.2, -0.15) is 48.0 Å². The molecule has 0 radical (unpaired) electrons. The molecule has 0 aromatic heterocycles. The fourth-order valence-electron chi connectivity index (χ4n) is 2.32. The molecule has 0 spiro atoms. The van der Waals surface area contributed by atoms with Gasteiger partial charge in [0.15, 0.2) is 0 Å². The summed E-state index contributed by atoms with van der Waals surface area (Å²) in [5, 5.41) is 0. The third-order valence-corrected chi connectivity index (χ3v) is 12.2. The summed E-state index contributed by atoms with van der Waals surface area (Å²) < 4.78 is 0. The van der Waals surface area contributed by atoms with E-state index >= 15 is 0 Å². The molecule has 3 aromatic carbocycles. The van der Waals surface area contributed by atoms with E-state index in [1.807, 2.05) is 36.4 Å². The van der Waals surface area contributed by atoms with Crippen molar-refractivity contribution in [3.63, 3.8) is 0 Å². The first-order chi connectivity index (χ1) is 11.6. The first-order valence-electron chi connectivity index (χ1n) is 8.45. The van der Waals surface area contributed by atoms with Crippen molar-refractivity contribution in [1.82, 2.24) is 0 Å². The first-order valence-corrected chi connectivity index (χ1v) is 14.4. The third-order valence-electron chi connectivity index (χ3n) is 4.17. The summed E-state index contributed by atoms with van der Waals surface area (Å²) in [7, 11) is 0.300. The minimum absolute atomic E-state index is 0. The molecule has 0 aliphatic heterocycles. The predicted octanol–water partition coefficient (Wildman–Crippen LogP) is 0.0426. The van der Waals surface area contributed by atoms with Gasteiger partial charge in [-0.1, -0.05) is 61.6 Å². The minimum Gasteiger partial charge on any atom is -1.00 e. The van der Waals surface area contributed by atoms with Gasteiger partial charge in [0.05, 0.1) is 0 Å². The molecular weight excluding hydrogens is 483 g/mol. The molecule has 0 saturated carbocycles. The fourth-order valence-corrected chi connectivity index (χ4v) is 2.32. The average Bonchev–Trinajstić information content (AvgIpc) is 3.26. The zero-order valence-electron chi connectivity index (χ0n) is 16.4. The van der Waals surface area contributed by atoms with E-state index in [2.05, 4.69) is 68.7 Å². The van der Waals surface area contributed by atoms with Gasteiger partial charge in [0, 0.05) is 0 Å². The van der Waals surface area contributed by atoms with E-state index in [0.29, 0.717) is 0 Å². The maximum absolute atomic E-state index is 3.30. The van der Waals surface area contributed by atoms with Crippen LogP contribution in [0.2, 0.25) is 26.2 Å².